The van der Waals surface area contributed by atoms with E-state index in [0.29, 0.717) is 17.7 Å². The molecule has 5 heteroatoms. The summed E-state index contributed by atoms with van der Waals surface area (Å²) in [5.41, 5.74) is 2.17. The summed E-state index contributed by atoms with van der Waals surface area (Å²) in [5.74, 6) is -0.169. The van der Waals surface area contributed by atoms with Crippen molar-refractivity contribution in [3.63, 3.8) is 0 Å². The Hall–Kier alpha value is -2.14. The Morgan fingerprint density at radius 2 is 1.80 bits per heavy atom. The second-order valence-electron chi connectivity index (χ2n) is 6.47. The van der Waals surface area contributed by atoms with Crippen LogP contribution in [0, 0.1) is 12.8 Å². The molecule has 0 aromatic heterocycles. The average molecular weight is 403 g/mol. The molecule has 1 unspecified atom stereocenters. The van der Waals surface area contributed by atoms with E-state index in [-0.39, 0.29) is 17.7 Å². The van der Waals surface area contributed by atoms with E-state index in [0.717, 1.165) is 10.0 Å². The van der Waals surface area contributed by atoms with Gasteiger partial charge in [-0.3, -0.25) is 9.59 Å². The third-order valence-electron chi connectivity index (χ3n) is 3.81. The molecule has 2 amide bonds. The van der Waals surface area contributed by atoms with Crippen LogP contribution in [0.2, 0.25) is 0 Å². The normalized spacial score (nSPS) is 11.9. The predicted octanol–water partition coefficient (Wildman–Crippen LogP) is 4.54. The van der Waals surface area contributed by atoms with Crippen LogP contribution >= 0.6 is 15.9 Å². The van der Waals surface area contributed by atoms with Crippen molar-refractivity contribution in [3.05, 3.63) is 64.1 Å². The van der Waals surface area contributed by atoms with Crippen molar-refractivity contribution in [2.45, 2.75) is 33.2 Å². The third kappa shape index (κ3) is 5.71. The van der Waals surface area contributed by atoms with Crippen LogP contribution in [0.15, 0.2) is 53.0 Å². The van der Waals surface area contributed by atoms with Crippen LogP contribution in [-0.2, 0) is 4.79 Å². The molecule has 2 aromatic carbocycles. The van der Waals surface area contributed by atoms with Gasteiger partial charge in [0.1, 0.15) is 6.04 Å². The molecule has 0 aliphatic heterocycles. The smallest absolute Gasteiger partial charge is 0.252 e. The molecule has 0 aliphatic carbocycles. The van der Waals surface area contributed by atoms with Gasteiger partial charge in [-0.05, 0) is 49.1 Å². The highest BCUT2D eigenvalue weighted by molar-refractivity contribution is 9.10. The molecule has 2 N–H and O–H groups in total. The minimum Gasteiger partial charge on any atom is -0.340 e. The number of benzene rings is 2. The van der Waals surface area contributed by atoms with Gasteiger partial charge in [-0.1, -0.05) is 54.0 Å². The van der Waals surface area contributed by atoms with E-state index in [9.17, 15) is 9.59 Å². The minimum absolute atomic E-state index is 0.214. The standard InChI is InChI=1S/C20H23BrN2O2/c1-13(2)11-18(20(25)22-16-9-6-8-15(21)12-16)23-19(24)17-10-5-4-7-14(17)3/h4-10,12-13,18H,11H2,1-3H3,(H,22,25)(H,23,24). The number of carbonyl (C=O) groups excluding carboxylic acids is 2. The van der Waals surface area contributed by atoms with Gasteiger partial charge in [0.2, 0.25) is 5.91 Å². The highest BCUT2D eigenvalue weighted by Gasteiger charge is 2.23. The Balaban J connectivity index is 2.13. The molecule has 25 heavy (non-hydrogen) atoms. The van der Waals surface area contributed by atoms with E-state index >= 15 is 0 Å². The first-order valence-electron chi connectivity index (χ1n) is 8.29. The molecule has 4 nitrogen and oxygen atoms in total. The minimum atomic E-state index is -0.592. The summed E-state index contributed by atoms with van der Waals surface area (Å²) >= 11 is 3.39. The molecule has 0 bridgehead atoms. The van der Waals surface area contributed by atoms with E-state index in [1.807, 2.05) is 63.2 Å². The summed E-state index contributed by atoms with van der Waals surface area (Å²) in [6.45, 7) is 5.94. The van der Waals surface area contributed by atoms with E-state index in [1.54, 1.807) is 6.07 Å². The number of hydrogen-bond donors (Lipinski definition) is 2. The number of aryl methyl sites for hydroxylation is 1. The predicted molar refractivity (Wildman–Crippen MR) is 105 cm³/mol. The lowest BCUT2D eigenvalue weighted by atomic mass is 10.0. The van der Waals surface area contributed by atoms with Crippen molar-refractivity contribution < 1.29 is 9.59 Å². The van der Waals surface area contributed by atoms with Crippen LogP contribution in [0.3, 0.4) is 0 Å². The molecule has 2 rings (SSSR count). The molecule has 0 saturated carbocycles. The summed E-state index contributed by atoms with van der Waals surface area (Å²) in [6.07, 6.45) is 0.567. The van der Waals surface area contributed by atoms with E-state index in [1.165, 1.54) is 0 Å². The first kappa shape index (κ1) is 19.2. The zero-order valence-corrected chi connectivity index (χ0v) is 16.3. The van der Waals surface area contributed by atoms with Crippen molar-refractivity contribution in [1.29, 1.82) is 0 Å². The number of rotatable bonds is 6. The largest absolute Gasteiger partial charge is 0.340 e. The van der Waals surface area contributed by atoms with Crippen LogP contribution in [0.1, 0.15) is 36.2 Å². The van der Waals surface area contributed by atoms with Gasteiger partial charge in [0, 0.05) is 15.7 Å². The molecule has 132 valence electrons. The maximum atomic E-state index is 12.7. The number of nitrogens with one attached hydrogen (secondary N) is 2. The van der Waals surface area contributed by atoms with Crippen molar-refractivity contribution >= 4 is 33.4 Å². The van der Waals surface area contributed by atoms with Crippen molar-refractivity contribution in [2.75, 3.05) is 5.32 Å². The molecule has 0 fully saturated rings. The van der Waals surface area contributed by atoms with Gasteiger partial charge >= 0.3 is 0 Å². The Morgan fingerprint density at radius 1 is 1.08 bits per heavy atom. The molecular weight excluding hydrogens is 380 g/mol. The maximum absolute atomic E-state index is 12.7. The van der Waals surface area contributed by atoms with E-state index in [2.05, 4.69) is 26.6 Å². The second kappa shape index (κ2) is 8.81. The number of carbonyl (C=O) groups is 2. The molecule has 0 spiro atoms. The first-order chi connectivity index (χ1) is 11.9. The van der Waals surface area contributed by atoms with Crippen molar-refractivity contribution in [3.8, 4) is 0 Å². The Kier molecular flexibility index (Phi) is 6.76. The highest BCUT2D eigenvalue weighted by Crippen LogP contribution is 2.17. The Labute approximate surface area is 157 Å². The topological polar surface area (TPSA) is 58.2 Å². The fourth-order valence-electron chi connectivity index (χ4n) is 2.56. The number of hydrogen-bond acceptors (Lipinski definition) is 2. The lowest BCUT2D eigenvalue weighted by Crippen LogP contribution is -2.44. The molecule has 0 aliphatic rings. The zero-order chi connectivity index (χ0) is 18.4. The van der Waals surface area contributed by atoms with E-state index in [4.69, 9.17) is 0 Å². The number of amides is 2. The molecule has 0 saturated heterocycles. The lowest BCUT2D eigenvalue weighted by Gasteiger charge is -2.21. The fraction of sp³-hybridized carbons (Fsp3) is 0.300. The van der Waals surface area contributed by atoms with Gasteiger partial charge in [0.15, 0.2) is 0 Å². The maximum Gasteiger partial charge on any atom is 0.252 e. The monoisotopic (exact) mass is 402 g/mol. The lowest BCUT2D eigenvalue weighted by molar-refractivity contribution is -0.118. The van der Waals surface area contributed by atoms with Gasteiger partial charge in [-0.25, -0.2) is 0 Å². The van der Waals surface area contributed by atoms with E-state index < -0.39 is 6.04 Å². The Bertz CT molecular complexity index is 759. The van der Waals surface area contributed by atoms with Crippen molar-refractivity contribution in [1.82, 2.24) is 5.32 Å². The summed E-state index contributed by atoms with van der Waals surface area (Å²) in [4.78, 5) is 25.2. The van der Waals surface area contributed by atoms with Gasteiger partial charge < -0.3 is 10.6 Å². The van der Waals surface area contributed by atoms with Crippen LogP contribution < -0.4 is 10.6 Å². The summed E-state index contributed by atoms with van der Waals surface area (Å²) in [6, 6.07) is 14.2. The molecule has 0 radical (unpaired) electrons. The third-order valence-corrected chi connectivity index (χ3v) is 4.30. The molecular formula is C20H23BrN2O2. The van der Waals surface area contributed by atoms with Crippen LogP contribution in [-0.4, -0.2) is 17.9 Å². The van der Waals surface area contributed by atoms with Gasteiger partial charge in [0.05, 0.1) is 0 Å². The summed E-state index contributed by atoms with van der Waals surface area (Å²) in [7, 11) is 0. The SMILES string of the molecule is Cc1ccccc1C(=O)NC(CC(C)C)C(=O)Nc1cccc(Br)c1. The number of anilines is 1. The number of halogens is 1. The highest BCUT2D eigenvalue weighted by atomic mass is 79.9. The molecule has 0 heterocycles. The van der Waals surface area contributed by atoms with Crippen LogP contribution in [0.5, 0.6) is 0 Å². The fourth-order valence-corrected chi connectivity index (χ4v) is 2.96. The quantitative estimate of drug-likeness (QED) is 0.744. The van der Waals surface area contributed by atoms with Crippen LogP contribution in [0.4, 0.5) is 5.69 Å². The molecule has 2 aromatic rings. The first-order valence-corrected chi connectivity index (χ1v) is 9.09. The van der Waals surface area contributed by atoms with Gasteiger partial charge in [-0.15, -0.1) is 0 Å². The van der Waals surface area contributed by atoms with Crippen LogP contribution in [0.25, 0.3) is 0 Å². The average Bonchev–Trinajstić information content (AvgIpc) is 2.54. The zero-order valence-electron chi connectivity index (χ0n) is 14.7. The summed E-state index contributed by atoms with van der Waals surface area (Å²) in [5, 5.41) is 5.75. The molecule has 1 atom stereocenters. The van der Waals surface area contributed by atoms with Crippen molar-refractivity contribution in [2.24, 2.45) is 5.92 Å². The van der Waals surface area contributed by atoms with Gasteiger partial charge in [0.25, 0.3) is 5.91 Å². The van der Waals surface area contributed by atoms with Gasteiger partial charge in [-0.2, -0.15) is 0 Å². The Morgan fingerprint density at radius 3 is 2.44 bits per heavy atom. The second-order valence-corrected chi connectivity index (χ2v) is 7.39. The summed E-state index contributed by atoms with van der Waals surface area (Å²) < 4.78 is 0.884.